The second-order valence-electron chi connectivity index (χ2n) is 6.08. The van der Waals surface area contributed by atoms with Crippen LogP contribution in [0.5, 0.6) is 0 Å². The summed E-state index contributed by atoms with van der Waals surface area (Å²) >= 11 is 0. The molecule has 0 spiro atoms. The third-order valence-corrected chi connectivity index (χ3v) is 5.12. The quantitative estimate of drug-likeness (QED) is 0.643. The molecule has 0 aliphatic rings. The first kappa shape index (κ1) is 14.9. The van der Waals surface area contributed by atoms with Crippen LogP contribution in [-0.2, 0) is 0 Å². The van der Waals surface area contributed by atoms with Crippen LogP contribution in [0.15, 0.2) is 30.8 Å². The maximum atomic E-state index is 4.00. The summed E-state index contributed by atoms with van der Waals surface area (Å²) in [6.07, 6.45) is 3.23. The van der Waals surface area contributed by atoms with Gasteiger partial charge in [0.05, 0.1) is 0 Å². The molecule has 3 atom stereocenters. The van der Waals surface area contributed by atoms with Gasteiger partial charge in [0, 0.05) is 28.2 Å². The van der Waals surface area contributed by atoms with Crippen molar-refractivity contribution in [3.63, 3.8) is 0 Å². The van der Waals surface area contributed by atoms with E-state index in [2.05, 4.69) is 70.0 Å². The molecule has 1 aromatic heterocycles. The molecule has 2 aromatic rings. The zero-order valence-corrected chi connectivity index (χ0v) is 13.5. The Morgan fingerprint density at radius 3 is 2.45 bits per heavy atom. The van der Waals surface area contributed by atoms with E-state index in [-0.39, 0.29) is 0 Å². The lowest BCUT2D eigenvalue weighted by Gasteiger charge is -2.28. The van der Waals surface area contributed by atoms with Crippen molar-refractivity contribution < 1.29 is 0 Å². The fourth-order valence-corrected chi connectivity index (χ4v) is 3.28. The fraction of sp³-hybridized carbons (Fsp3) is 0.474. The van der Waals surface area contributed by atoms with Gasteiger partial charge in [-0.3, -0.25) is 0 Å². The van der Waals surface area contributed by atoms with Gasteiger partial charge < -0.3 is 4.57 Å². The molecule has 0 amide bonds. The van der Waals surface area contributed by atoms with Gasteiger partial charge in [0.25, 0.3) is 0 Å². The maximum Gasteiger partial charge on any atom is 0.0491 e. The normalized spacial score (nSPS) is 16.1. The Morgan fingerprint density at radius 2 is 1.85 bits per heavy atom. The van der Waals surface area contributed by atoms with Gasteiger partial charge in [-0.15, -0.1) is 0 Å². The summed E-state index contributed by atoms with van der Waals surface area (Å²) in [5.74, 6) is 1.39. The minimum absolute atomic E-state index is 0.503. The lowest BCUT2D eigenvalue weighted by atomic mass is 9.87. The van der Waals surface area contributed by atoms with Gasteiger partial charge in [0.15, 0.2) is 0 Å². The zero-order chi connectivity index (χ0) is 14.9. The Hall–Kier alpha value is -1.50. The molecule has 108 valence electrons. The fourth-order valence-electron chi connectivity index (χ4n) is 3.28. The highest BCUT2D eigenvalue weighted by Crippen LogP contribution is 2.35. The van der Waals surface area contributed by atoms with E-state index in [1.165, 1.54) is 28.6 Å². The van der Waals surface area contributed by atoms with Crippen molar-refractivity contribution in [2.24, 2.45) is 11.8 Å². The molecule has 0 aliphatic carbocycles. The highest BCUT2D eigenvalue weighted by atomic mass is 15.0. The second kappa shape index (κ2) is 5.87. The van der Waals surface area contributed by atoms with Crippen LogP contribution < -0.4 is 0 Å². The largest absolute Gasteiger partial charge is 0.341 e. The first-order chi connectivity index (χ1) is 9.52. The molecule has 0 fully saturated rings. The van der Waals surface area contributed by atoms with Crippen molar-refractivity contribution in [1.82, 2.24) is 4.57 Å². The van der Waals surface area contributed by atoms with Crippen LogP contribution >= 0.6 is 0 Å². The summed E-state index contributed by atoms with van der Waals surface area (Å²) in [6.45, 7) is 15.6. The monoisotopic (exact) mass is 269 g/mol. The predicted molar refractivity (Wildman–Crippen MR) is 90.1 cm³/mol. The number of para-hydroxylation sites is 1. The summed E-state index contributed by atoms with van der Waals surface area (Å²) in [7, 11) is 0. The van der Waals surface area contributed by atoms with E-state index in [1.807, 2.05) is 6.08 Å². The van der Waals surface area contributed by atoms with Gasteiger partial charge in [0.2, 0.25) is 0 Å². The minimum Gasteiger partial charge on any atom is -0.341 e. The third kappa shape index (κ3) is 2.30. The molecular weight excluding hydrogens is 242 g/mol. The van der Waals surface area contributed by atoms with E-state index < -0.39 is 0 Å². The maximum absolute atomic E-state index is 4.00. The van der Waals surface area contributed by atoms with E-state index >= 15 is 0 Å². The second-order valence-corrected chi connectivity index (χ2v) is 6.08. The molecule has 0 N–H and O–H groups in total. The van der Waals surface area contributed by atoms with Crippen molar-refractivity contribution in [3.8, 4) is 0 Å². The third-order valence-electron chi connectivity index (χ3n) is 5.12. The van der Waals surface area contributed by atoms with Crippen LogP contribution in [-0.4, -0.2) is 4.57 Å². The number of hydrogen-bond acceptors (Lipinski definition) is 0. The van der Waals surface area contributed by atoms with Crippen molar-refractivity contribution in [2.45, 2.75) is 47.1 Å². The van der Waals surface area contributed by atoms with Crippen LogP contribution in [0.1, 0.15) is 51.4 Å². The van der Waals surface area contributed by atoms with Crippen LogP contribution in [0.4, 0.5) is 0 Å². The molecular formula is C19H27N. The molecule has 0 saturated heterocycles. The molecule has 1 nitrogen and oxygen atoms in total. The standard InChI is InChI=1S/C19H27N/c1-7-13(3)14(4)15(5)20-16(6)17(8-2)18-11-9-10-12-19(18)20/h8-15H,2,7H2,1,3-6H3. The Bertz CT molecular complexity index is 605. The summed E-state index contributed by atoms with van der Waals surface area (Å²) in [6, 6.07) is 9.18. The summed E-state index contributed by atoms with van der Waals surface area (Å²) in [5, 5.41) is 1.32. The molecule has 0 aliphatic heterocycles. The molecule has 0 bridgehead atoms. The molecule has 0 radical (unpaired) electrons. The Balaban J connectivity index is 2.59. The predicted octanol–water partition coefficient (Wildman–Crippen LogP) is 5.84. The van der Waals surface area contributed by atoms with Crippen LogP contribution in [0.3, 0.4) is 0 Å². The van der Waals surface area contributed by atoms with Crippen molar-refractivity contribution in [2.75, 3.05) is 0 Å². The molecule has 1 heterocycles. The lowest BCUT2D eigenvalue weighted by molar-refractivity contribution is 0.275. The average Bonchev–Trinajstić information content (AvgIpc) is 2.76. The van der Waals surface area contributed by atoms with E-state index in [9.17, 15) is 0 Å². The number of benzene rings is 1. The Labute approximate surface area is 123 Å². The van der Waals surface area contributed by atoms with E-state index in [0.717, 1.165) is 5.92 Å². The number of fused-ring (bicyclic) bond motifs is 1. The van der Waals surface area contributed by atoms with Crippen LogP contribution in [0.25, 0.3) is 17.0 Å². The number of rotatable bonds is 5. The zero-order valence-electron chi connectivity index (χ0n) is 13.5. The number of aromatic nitrogens is 1. The Morgan fingerprint density at radius 1 is 1.20 bits per heavy atom. The van der Waals surface area contributed by atoms with Crippen molar-refractivity contribution >= 4 is 17.0 Å². The van der Waals surface area contributed by atoms with E-state index in [0.29, 0.717) is 12.0 Å². The van der Waals surface area contributed by atoms with Gasteiger partial charge in [-0.05, 0) is 31.7 Å². The highest BCUT2D eigenvalue weighted by molar-refractivity contribution is 5.91. The van der Waals surface area contributed by atoms with E-state index in [1.54, 1.807) is 0 Å². The SMILES string of the molecule is C=Cc1c(C)n(C(C)C(C)C(C)CC)c2ccccc12. The summed E-state index contributed by atoms with van der Waals surface area (Å²) in [5.41, 5.74) is 3.95. The van der Waals surface area contributed by atoms with Crippen molar-refractivity contribution in [1.29, 1.82) is 0 Å². The number of hydrogen-bond donors (Lipinski definition) is 0. The topological polar surface area (TPSA) is 4.93 Å². The van der Waals surface area contributed by atoms with Gasteiger partial charge >= 0.3 is 0 Å². The van der Waals surface area contributed by atoms with Gasteiger partial charge in [-0.2, -0.15) is 0 Å². The lowest BCUT2D eigenvalue weighted by Crippen LogP contribution is -2.20. The molecule has 20 heavy (non-hydrogen) atoms. The Kier molecular flexibility index (Phi) is 4.37. The molecule has 1 aromatic carbocycles. The van der Waals surface area contributed by atoms with Gasteiger partial charge in [-0.25, -0.2) is 0 Å². The number of nitrogens with zero attached hydrogens (tertiary/aromatic N) is 1. The minimum atomic E-state index is 0.503. The smallest absolute Gasteiger partial charge is 0.0491 e. The highest BCUT2D eigenvalue weighted by Gasteiger charge is 2.23. The molecule has 1 heteroatoms. The van der Waals surface area contributed by atoms with Crippen LogP contribution in [0.2, 0.25) is 0 Å². The van der Waals surface area contributed by atoms with E-state index in [4.69, 9.17) is 0 Å². The molecule has 0 saturated carbocycles. The van der Waals surface area contributed by atoms with Crippen LogP contribution in [0, 0.1) is 18.8 Å². The summed E-state index contributed by atoms with van der Waals surface area (Å²) in [4.78, 5) is 0. The average molecular weight is 269 g/mol. The van der Waals surface area contributed by atoms with Gasteiger partial charge in [0.1, 0.15) is 0 Å². The molecule has 2 rings (SSSR count). The first-order valence-corrected chi connectivity index (χ1v) is 7.74. The molecule has 3 unspecified atom stereocenters. The summed E-state index contributed by atoms with van der Waals surface area (Å²) < 4.78 is 2.50. The van der Waals surface area contributed by atoms with Crippen molar-refractivity contribution in [3.05, 3.63) is 42.1 Å². The first-order valence-electron chi connectivity index (χ1n) is 7.74. The van der Waals surface area contributed by atoms with Gasteiger partial charge in [-0.1, -0.05) is 58.0 Å².